The van der Waals surface area contributed by atoms with Crippen LogP contribution in [0.3, 0.4) is 0 Å². The van der Waals surface area contributed by atoms with Crippen molar-refractivity contribution < 1.29 is 52.7 Å². The van der Waals surface area contributed by atoms with E-state index in [0.29, 0.717) is 0 Å². The van der Waals surface area contributed by atoms with E-state index in [9.17, 15) is 52.7 Å². The van der Waals surface area contributed by atoms with Gasteiger partial charge < -0.3 is 0 Å². The molecule has 1 atom stereocenters. The molecule has 20 heavy (non-hydrogen) atoms. The molecule has 0 saturated carbocycles. The molecule has 120 valence electrons. The highest BCUT2D eigenvalue weighted by molar-refractivity contribution is 8.22. The van der Waals surface area contributed by atoms with Crippen LogP contribution in [0, 0.1) is 0 Å². The highest BCUT2D eigenvalue weighted by atomic mass is 32.2. The second kappa shape index (κ2) is 4.20. The van der Waals surface area contributed by atoms with E-state index < -0.39 is 56.4 Å². The molecule has 0 amide bonds. The van der Waals surface area contributed by atoms with Crippen molar-refractivity contribution in [2.75, 3.05) is 0 Å². The molecule has 1 aliphatic rings. The molecule has 0 nitrogen and oxygen atoms in total. The first-order valence-corrected chi connectivity index (χ1v) is 5.72. The summed E-state index contributed by atoms with van der Waals surface area (Å²) in [5.41, 5.74) is 0. The molecule has 0 spiro atoms. The van der Waals surface area contributed by atoms with Crippen LogP contribution >= 0.6 is 23.5 Å². The first-order valence-electron chi connectivity index (χ1n) is 4.08. The van der Waals surface area contributed by atoms with Gasteiger partial charge in [0.25, 0.3) is 4.08 Å². The minimum atomic E-state index is -6.63. The Kier molecular flexibility index (Phi) is 3.76. The smallest absolute Gasteiger partial charge is 0.214 e. The lowest BCUT2D eigenvalue weighted by Gasteiger charge is -2.31. The lowest BCUT2D eigenvalue weighted by molar-refractivity contribution is -0.238. The standard InChI is InChI=1S/C6F12S2/c7-1(3(8,9)10)6(17,18)20-2(19-1,4(11,12)13)5(14,15)16. The minimum absolute atomic E-state index is 2.45. The first-order chi connectivity index (χ1) is 8.41. The van der Waals surface area contributed by atoms with Crippen molar-refractivity contribution in [2.24, 2.45) is 0 Å². The third-order valence-electron chi connectivity index (χ3n) is 2.04. The van der Waals surface area contributed by atoms with E-state index in [1.807, 2.05) is 0 Å². The second-order valence-electron chi connectivity index (χ2n) is 3.43. The average Bonchev–Trinajstić information content (AvgIpc) is 2.32. The van der Waals surface area contributed by atoms with Gasteiger partial charge in [0.2, 0.25) is 0 Å². The minimum Gasteiger partial charge on any atom is -0.214 e. The zero-order valence-electron chi connectivity index (χ0n) is 8.35. The Hall–Kier alpha value is -0.140. The fourth-order valence-corrected chi connectivity index (χ4v) is 3.92. The summed E-state index contributed by atoms with van der Waals surface area (Å²) in [5.74, 6) is 0. The number of halogens is 12. The second-order valence-corrected chi connectivity index (χ2v) is 6.39. The molecule has 14 heteroatoms. The van der Waals surface area contributed by atoms with Crippen molar-refractivity contribution in [1.82, 2.24) is 0 Å². The van der Waals surface area contributed by atoms with Crippen molar-refractivity contribution in [3.63, 3.8) is 0 Å². The van der Waals surface area contributed by atoms with Crippen LogP contribution in [0.15, 0.2) is 0 Å². The summed E-state index contributed by atoms with van der Waals surface area (Å²) in [7, 11) is 0. The lowest BCUT2D eigenvalue weighted by Crippen LogP contribution is -2.51. The van der Waals surface area contributed by atoms with Gasteiger partial charge in [0.1, 0.15) is 0 Å². The SMILES string of the molecule is FC(F)(F)C1(F)SC(C(F)(F)F)(C(F)(F)F)SC1(F)F. The Bertz CT molecular complexity index is 376. The molecule has 0 bridgehead atoms. The Labute approximate surface area is 110 Å². The molecule has 0 radical (unpaired) electrons. The molecule has 0 aromatic rings. The van der Waals surface area contributed by atoms with Crippen LogP contribution in [0.4, 0.5) is 52.7 Å². The molecule has 1 fully saturated rings. The molecule has 1 heterocycles. The fourth-order valence-electron chi connectivity index (χ4n) is 1.14. The predicted molar refractivity (Wildman–Crippen MR) is 44.9 cm³/mol. The molecule has 1 saturated heterocycles. The van der Waals surface area contributed by atoms with E-state index in [4.69, 9.17) is 0 Å². The molecular formula is C6F12S2. The molecule has 0 aromatic carbocycles. The molecule has 1 unspecified atom stereocenters. The van der Waals surface area contributed by atoms with Crippen molar-refractivity contribution in [3.8, 4) is 0 Å². The molecular weight excluding hydrogens is 364 g/mol. The first kappa shape index (κ1) is 17.9. The summed E-state index contributed by atoms with van der Waals surface area (Å²) >= 11 is -4.99. The zero-order valence-corrected chi connectivity index (χ0v) is 9.99. The number of thioether (sulfide) groups is 2. The molecule has 1 aliphatic heterocycles. The summed E-state index contributed by atoms with van der Waals surface area (Å²) in [5, 5.41) is -12.0. The third-order valence-corrected chi connectivity index (χ3v) is 5.48. The van der Waals surface area contributed by atoms with Gasteiger partial charge in [0, 0.05) is 0 Å². The van der Waals surface area contributed by atoms with Crippen LogP contribution in [0.25, 0.3) is 0 Å². The number of hydrogen-bond acceptors (Lipinski definition) is 2. The Balaban J connectivity index is 3.52. The highest BCUT2D eigenvalue weighted by Crippen LogP contribution is 2.77. The van der Waals surface area contributed by atoms with Crippen molar-refractivity contribution >= 4 is 23.5 Å². The Morgan fingerprint density at radius 3 is 1.05 bits per heavy atom. The molecule has 0 aliphatic carbocycles. The monoisotopic (exact) mass is 364 g/mol. The van der Waals surface area contributed by atoms with Gasteiger partial charge >= 0.3 is 28.8 Å². The van der Waals surface area contributed by atoms with Gasteiger partial charge in [-0.3, -0.25) is 0 Å². The highest BCUT2D eigenvalue weighted by Gasteiger charge is 2.90. The topological polar surface area (TPSA) is 0 Å². The summed E-state index contributed by atoms with van der Waals surface area (Å²) in [6, 6.07) is 0. The van der Waals surface area contributed by atoms with Gasteiger partial charge in [-0.2, -0.15) is 48.3 Å². The maximum absolute atomic E-state index is 13.2. The Morgan fingerprint density at radius 1 is 0.550 bits per heavy atom. The molecule has 1 rings (SSSR count). The van der Waals surface area contributed by atoms with Crippen molar-refractivity contribution in [3.05, 3.63) is 0 Å². The number of alkyl halides is 12. The van der Waals surface area contributed by atoms with Crippen molar-refractivity contribution in [1.29, 1.82) is 0 Å². The van der Waals surface area contributed by atoms with Crippen molar-refractivity contribution in [2.45, 2.75) is 32.9 Å². The van der Waals surface area contributed by atoms with E-state index >= 15 is 0 Å². The lowest BCUT2D eigenvalue weighted by atomic mass is 10.4. The zero-order chi connectivity index (χ0) is 16.4. The largest absolute Gasteiger partial charge is 0.439 e. The third kappa shape index (κ3) is 2.22. The molecule has 0 N–H and O–H groups in total. The van der Waals surface area contributed by atoms with E-state index in [-0.39, 0.29) is 0 Å². The molecule has 0 aromatic heterocycles. The van der Waals surface area contributed by atoms with Crippen LogP contribution in [-0.4, -0.2) is 32.9 Å². The summed E-state index contributed by atoms with van der Waals surface area (Å²) in [6.45, 7) is 0. The Morgan fingerprint density at radius 2 is 0.900 bits per heavy atom. The quantitative estimate of drug-likeness (QED) is 0.548. The maximum Gasteiger partial charge on any atom is 0.439 e. The van der Waals surface area contributed by atoms with E-state index in [2.05, 4.69) is 0 Å². The number of hydrogen-bond donors (Lipinski definition) is 0. The van der Waals surface area contributed by atoms with Crippen LogP contribution in [-0.2, 0) is 0 Å². The summed E-state index contributed by atoms with van der Waals surface area (Å²) in [4.78, 5) is 0. The van der Waals surface area contributed by atoms with Crippen LogP contribution in [0.1, 0.15) is 0 Å². The van der Waals surface area contributed by atoms with Gasteiger partial charge in [-0.1, -0.05) is 11.8 Å². The summed E-state index contributed by atoms with van der Waals surface area (Å²) in [6.07, 6.45) is -19.8. The number of rotatable bonds is 0. The normalized spacial score (nSPS) is 30.6. The van der Waals surface area contributed by atoms with Crippen LogP contribution in [0.5, 0.6) is 0 Å². The van der Waals surface area contributed by atoms with E-state index in [1.54, 1.807) is 0 Å². The van der Waals surface area contributed by atoms with Gasteiger partial charge in [0.05, 0.1) is 0 Å². The van der Waals surface area contributed by atoms with Crippen LogP contribution in [0.2, 0.25) is 0 Å². The van der Waals surface area contributed by atoms with E-state index in [0.717, 1.165) is 0 Å². The van der Waals surface area contributed by atoms with Gasteiger partial charge in [-0.05, 0) is 11.8 Å². The fraction of sp³-hybridized carbons (Fsp3) is 1.00. The van der Waals surface area contributed by atoms with Gasteiger partial charge in [0.15, 0.2) is 0 Å². The predicted octanol–water partition coefficient (Wildman–Crippen LogP) is 5.11. The van der Waals surface area contributed by atoms with E-state index in [1.165, 1.54) is 0 Å². The van der Waals surface area contributed by atoms with Gasteiger partial charge in [-0.15, -0.1) is 0 Å². The van der Waals surface area contributed by atoms with Crippen LogP contribution < -0.4 is 0 Å². The average molecular weight is 364 g/mol. The summed E-state index contributed by atoms with van der Waals surface area (Å²) < 4.78 is 144. The maximum atomic E-state index is 13.2. The van der Waals surface area contributed by atoms with Gasteiger partial charge in [-0.25, -0.2) is 4.39 Å².